The number of nitrogens with zero attached hydrogens (tertiary/aromatic N) is 1. The van der Waals surface area contributed by atoms with Crippen LogP contribution in [0, 0.1) is 29.4 Å². The van der Waals surface area contributed by atoms with Crippen molar-refractivity contribution >= 4 is 17.3 Å². The number of hydrogen-bond acceptors (Lipinski definition) is 6. The second-order valence-electron chi connectivity index (χ2n) is 7.58. The van der Waals surface area contributed by atoms with Crippen molar-refractivity contribution in [3.63, 3.8) is 0 Å². The molecule has 2 aromatic rings. The maximum atomic E-state index is 13.4. The fourth-order valence-electron chi connectivity index (χ4n) is 4.37. The molecule has 1 saturated carbocycles. The minimum atomic E-state index is -1.06. The Morgan fingerprint density at radius 3 is 2.72 bits per heavy atom. The largest absolute Gasteiger partial charge is 0.493 e. The number of aromatic nitrogens is 1. The molecule has 1 aromatic carbocycles. The number of carboxylic acids is 1. The Labute approximate surface area is 170 Å². The molecule has 6 nitrogen and oxygen atoms in total. The lowest BCUT2D eigenvalue weighted by atomic mass is 9.86. The molecule has 2 aliphatic rings. The van der Waals surface area contributed by atoms with E-state index in [9.17, 15) is 18.7 Å². The molecule has 2 heterocycles. The number of halogens is 2. The average molecular weight is 425 g/mol. The Morgan fingerprint density at radius 1 is 1.28 bits per heavy atom. The number of hydrogen-bond donors (Lipinski definition) is 2. The summed E-state index contributed by atoms with van der Waals surface area (Å²) in [5.74, 6) is -2.25. The zero-order valence-corrected chi connectivity index (χ0v) is 16.3. The van der Waals surface area contributed by atoms with Gasteiger partial charge in [-0.3, -0.25) is 0 Å². The number of aliphatic hydroxyl groups excluding tert-OH is 1. The molecule has 2 N–H and O–H groups in total. The van der Waals surface area contributed by atoms with Gasteiger partial charge >= 0.3 is 5.97 Å². The summed E-state index contributed by atoms with van der Waals surface area (Å²) in [5.41, 5.74) is 0.0158. The highest BCUT2D eigenvalue weighted by Gasteiger charge is 2.44. The lowest BCUT2D eigenvalue weighted by Gasteiger charge is -2.23. The van der Waals surface area contributed by atoms with E-state index in [1.807, 2.05) is 0 Å². The second kappa shape index (κ2) is 8.33. The number of rotatable bonds is 5. The Morgan fingerprint density at radius 2 is 2.03 bits per heavy atom. The minimum absolute atomic E-state index is 0.0158. The summed E-state index contributed by atoms with van der Waals surface area (Å²) in [6.45, 7) is 0.607. The van der Waals surface area contributed by atoms with Crippen molar-refractivity contribution < 1.29 is 33.3 Å². The first-order valence-electron chi connectivity index (χ1n) is 9.48. The predicted molar refractivity (Wildman–Crippen MR) is 99.9 cm³/mol. The van der Waals surface area contributed by atoms with Gasteiger partial charge in [0.2, 0.25) is 0 Å². The quantitative estimate of drug-likeness (QED) is 0.760. The molecule has 0 bridgehead atoms. The summed E-state index contributed by atoms with van der Waals surface area (Å²) < 4.78 is 38.3. The van der Waals surface area contributed by atoms with Crippen molar-refractivity contribution in [2.75, 3.05) is 13.2 Å². The fourth-order valence-corrected chi connectivity index (χ4v) is 5.25. The van der Waals surface area contributed by atoms with Crippen molar-refractivity contribution in [1.82, 2.24) is 4.98 Å². The highest BCUT2D eigenvalue weighted by molar-refractivity contribution is 7.09. The maximum Gasteiger partial charge on any atom is 0.355 e. The molecule has 1 aliphatic carbocycles. The van der Waals surface area contributed by atoms with E-state index in [0.717, 1.165) is 24.6 Å². The van der Waals surface area contributed by atoms with Gasteiger partial charge in [-0.1, -0.05) is 0 Å². The second-order valence-corrected chi connectivity index (χ2v) is 8.47. The van der Waals surface area contributed by atoms with Crippen molar-refractivity contribution in [3.8, 4) is 5.75 Å². The monoisotopic (exact) mass is 425 g/mol. The molecule has 0 spiro atoms. The maximum absolute atomic E-state index is 13.4. The van der Waals surface area contributed by atoms with E-state index in [4.69, 9.17) is 14.6 Å². The smallest absolute Gasteiger partial charge is 0.355 e. The molecule has 29 heavy (non-hydrogen) atoms. The van der Waals surface area contributed by atoms with Crippen LogP contribution < -0.4 is 4.74 Å². The Kier molecular flexibility index (Phi) is 5.80. The topological polar surface area (TPSA) is 88.9 Å². The third-order valence-electron chi connectivity index (χ3n) is 5.76. The van der Waals surface area contributed by atoms with Crippen LogP contribution in [0.1, 0.15) is 40.9 Å². The molecule has 1 aliphatic heterocycles. The van der Waals surface area contributed by atoms with Crippen LogP contribution >= 0.6 is 11.3 Å². The van der Waals surface area contributed by atoms with Crippen LogP contribution in [0.15, 0.2) is 23.6 Å². The van der Waals surface area contributed by atoms with Crippen molar-refractivity contribution in [2.24, 2.45) is 17.8 Å². The first-order chi connectivity index (χ1) is 13.9. The van der Waals surface area contributed by atoms with Crippen LogP contribution in [0.25, 0.3) is 0 Å². The summed E-state index contributed by atoms with van der Waals surface area (Å²) >= 11 is 1.27. The SMILES string of the molecule is O=C(O)c1csc([C@H]2CC[C@H]3[C@@H](CO2)C[C@@H](O)[C@@H]3COc2cc(F)cc(F)c2)n1. The van der Waals surface area contributed by atoms with E-state index in [2.05, 4.69) is 4.98 Å². The van der Waals surface area contributed by atoms with Crippen LogP contribution in [0.5, 0.6) is 5.75 Å². The van der Waals surface area contributed by atoms with Gasteiger partial charge in [0.05, 0.1) is 19.3 Å². The summed E-state index contributed by atoms with van der Waals surface area (Å²) in [7, 11) is 0. The molecule has 4 rings (SSSR count). The third kappa shape index (κ3) is 4.41. The zero-order chi connectivity index (χ0) is 20.5. The average Bonchev–Trinajstić information content (AvgIpc) is 3.19. The number of ether oxygens (including phenoxy) is 2. The molecule has 0 radical (unpaired) electrons. The molecular formula is C20H21F2NO5S. The molecule has 1 aromatic heterocycles. The highest BCUT2D eigenvalue weighted by Crippen LogP contribution is 2.45. The lowest BCUT2D eigenvalue weighted by molar-refractivity contribution is 0.0333. The van der Waals surface area contributed by atoms with Crippen molar-refractivity contribution in [3.05, 3.63) is 45.9 Å². The molecule has 1 saturated heterocycles. The third-order valence-corrected chi connectivity index (χ3v) is 6.70. The fraction of sp³-hybridized carbons (Fsp3) is 0.500. The normalized spacial score (nSPS) is 29.3. The molecule has 2 fully saturated rings. The van der Waals surface area contributed by atoms with Gasteiger partial charge in [-0.25, -0.2) is 18.6 Å². The van der Waals surface area contributed by atoms with Gasteiger partial charge in [0.1, 0.15) is 28.5 Å². The number of carbonyl (C=O) groups is 1. The van der Waals surface area contributed by atoms with Crippen LogP contribution in [0.4, 0.5) is 8.78 Å². The van der Waals surface area contributed by atoms with E-state index < -0.39 is 23.7 Å². The van der Waals surface area contributed by atoms with Gasteiger partial charge in [-0.2, -0.15) is 0 Å². The van der Waals surface area contributed by atoms with E-state index in [0.29, 0.717) is 24.5 Å². The molecule has 5 atom stereocenters. The number of benzene rings is 1. The van der Waals surface area contributed by atoms with Crippen LogP contribution in [0.3, 0.4) is 0 Å². The summed E-state index contributed by atoms with van der Waals surface area (Å²) in [6, 6.07) is 3.03. The van der Waals surface area contributed by atoms with Crippen LogP contribution in [-0.4, -0.2) is 40.5 Å². The Hall–Kier alpha value is -2.10. The standard InChI is InChI=1S/C20H21F2NO5S/c21-11-4-12(22)6-13(5-11)27-8-15-14-1-2-18(28-7-10(14)3-17(15)24)19-23-16(9-29-19)20(25)26/h4-6,9-10,14-15,17-18,24H,1-3,7-8H2,(H,25,26)/t10-,14+,15-,17-,18-/m1/s1. The van der Waals surface area contributed by atoms with Gasteiger partial charge in [-0.15, -0.1) is 11.3 Å². The zero-order valence-electron chi connectivity index (χ0n) is 15.5. The molecule has 156 valence electrons. The number of carboxylic acid groups (broad SMARTS) is 1. The van der Waals surface area contributed by atoms with E-state index in [-0.39, 0.29) is 41.9 Å². The highest BCUT2D eigenvalue weighted by atomic mass is 32.1. The van der Waals surface area contributed by atoms with E-state index >= 15 is 0 Å². The lowest BCUT2D eigenvalue weighted by Crippen LogP contribution is -2.27. The van der Waals surface area contributed by atoms with E-state index in [1.54, 1.807) is 0 Å². The molecule has 0 amide bonds. The molecular weight excluding hydrogens is 404 g/mol. The van der Waals surface area contributed by atoms with Gasteiger partial charge in [0.25, 0.3) is 0 Å². The number of aromatic carboxylic acids is 1. The van der Waals surface area contributed by atoms with Crippen molar-refractivity contribution in [2.45, 2.75) is 31.5 Å². The van der Waals surface area contributed by atoms with Crippen molar-refractivity contribution in [1.29, 1.82) is 0 Å². The molecule has 9 heteroatoms. The summed E-state index contributed by atoms with van der Waals surface area (Å²) in [5, 5.41) is 21.7. The number of fused-ring (bicyclic) bond motifs is 1. The van der Waals surface area contributed by atoms with E-state index in [1.165, 1.54) is 16.7 Å². The van der Waals surface area contributed by atoms with Gasteiger partial charge < -0.3 is 19.7 Å². The molecule has 0 unspecified atom stereocenters. The summed E-state index contributed by atoms with van der Waals surface area (Å²) in [4.78, 5) is 15.2. The first-order valence-corrected chi connectivity index (χ1v) is 10.4. The van der Waals surface area contributed by atoms with Gasteiger partial charge in [-0.05, 0) is 31.1 Å². The number of aliphatic hydroxyl groups is 1. The summed E-state index contributed by atoms with van der Waals surface area (Å²) in [6.07, 6.45) is 1.16. The van der Waals surface area contributed by atoms with Gasteiger partial charge in [0.15, 0.2) is 5.69 Å². The number of thiazole rings is 1. The Balaban J connectivity index is 1.41. The van der Waals surface area contributed by atoms with Crippen LogP contribution in [-0.2, 0) is 4.74 Å². The predicted octanol–water partition coefficient (Wildman–Crippen LogP) is 3.66. The Bertz CT molecular complexity index is 871. The van der Waals surface area contributed by atoms with Gasteiger partial charge in [0, 0.05) is 29.5 Å². The first kappa shape index (κ1) is 20.2. The van der Waals surface area contributed by atoms with Crippen LogP contribution in [0.2, 0.25) is 0 Å². The minimum Gasteiger partial charge on any atom is -0.493 e.